The summed E-state index contributed by atoms with van der Waals surface area (Å²) in [4.78, 5) is 26.8. The van der Waals surface area contributed by atoms with Gasteiger partial charge in [0.2, 0.25) is 11.2 Å². The van der Waals surface area contributed by atoms with Gasteiger partial charge in [-0.2, -0.15) is 4.39 Å². The molecule has 0 aliphatic carbocycles. The van der Waals surface area contributed by atoms with E-state index in [1.165, 1.54) is 21.8 Å². The summed E-state index contributed by atoms with van der Waals surface area (Å²) in [6.45, 7) is -0.927. The fourth-order valence-corrected chi connectivity index (χ4v) is 4.46. The fourth-order valence-electron chi connectivity index (χ4n) is 4.46. The van der Waals surface area contributed by atoms with Crippen LogP contribution in [0.4, 0.5) is 13.2 Å². The van der Waals surface area contributed by atoms with Crippen molar-refractivity contribution >= 4 is 5.91 Å². The zero-order chi connectivity index (χ0) is 24.7. The fraction of sp³-hybridized carbons (Fsp3) is 0.200. The lowest BCUT2D eigenvalue weighted by atomic mass is 9.93. The molecular weight excluding hydrogens is 463 g/mol. The molecule has 1 aromatic heterocycles. The normalized spacial score (nSPS) is 18.3. The molecule has 180 valence electrons. The van der Waals surface area contributed by atoms with Crippen LogP contribution in [0.25, 0.3) is 0 Å². The summed E-state index contributed by atoms with van der Waals surface area (Å²) in [5, 5.41) is 12.1. The Morgan fingerprint density at radius 2 is 1.83 bits per heavy atom. The maximum Gasteiger partial charge on any atom is 0.278 e. The van der Waals surface area contributed by atoms with Crippen LogP contribution in [0.2, 0.25) is 0 Å². The number of carbonyl (C=O) groups excluding carboxylic acids is 1. The van der Waals surface area contributed by atoms with E-state index in [4.69, 9.17) is 4.74 Å². The van der Waals surface area contributed by atoms with Crippen molar-refractivity contribution in [2.75, 3.05) is 24.8 Å². The van der Waals surface area contributed by atoms with Crippen LogP contribution in [0.5, 0.6) is 11.5 Å². The molecule has 2 aliphatic rings. The van der Waals surface area contributed by atoms with Gasteiger partial charge in [0.15, 0.2) is 23.0 Å². The molecular formula is C25H20F3N3O4. The van der Waals surface area contributed by atoms with Gasteiger partial charge in [0.05, 0.1) is 0 Å². The molecule has 5 rings (SSSR count). The first kappa shape index (κ1) is 22.6. The van der Waals surface area contributed by atoms with Crippen molar-refractivity contribution in [2.24, 2.45) is 0 Å². The first-order valence-corrected chi connectivity index (χ1v) is 10.8. The van der Waals surface area contributed by atoms with Gasteiger partial charge in [0.25, 0.3) is 5.91 Å². The van der Waals surface area contributed by atoms with Crippen molar-refractivity contribution in [2.45, 2.75) is 12.7 Å². The number of fused-ring (bicyclic) bond motifs is 5. The second kappa shape index (κ2) is 8.86. The lowest BCUT2D eigenvalue weighted by Gasteiger charge is -2.44. The number of aromatic nitrogens is 1. The van der Waals surface area contributed by atoms with Crippen LogP contribution in [0.15, 0.2) is 65.6 Å². The SMILES string of the molecule is O=C1c2c(O)c(=O)ccn2N2CN1C/C=C\COc1c(ccc(F)c1F)[C@@H]2c1ccccc1CF. The van der Waals surface area contributed by atoms with Crippen LogP contribution in [0.3, 0.4) is 0 Å². The van der Waals surface area contributed by atoms with Gasteiger partial charge in [-0.05, 0) is 29.3 Å². The van der Waals surface area contributed by atoms with Crippen LogP contribution < -0.4 is 15.2 Å². The average molecular weight is 483 g/mol. The van der Waals surface area contributed by atoms with Crippen LogP contribution >= 0.6 is 0 Å². The van der Waals surface area contributed by atoms with Crippen molar-refractivity contribution in [1.82, 2.24) is 9.58 Å². The summed E-state index contributed by atoms with van der Waals surface area (Å²) in [5.74, 6) is -4.01. The molecule has 0 fully saturated rings. The molecule has 35 heavy (non-hydrogen) atoms. The first-order chi connectivity index (χ1) is 16.9. The van der Waals surface area contributed by atoms with Gasteiger partial charge in [-0.15, -0.1) is 0 Å². The minimum absolute atomic E-state index is 0.0673. The van der Waals surface area contributed by atoms with Crippen molar-refractivity contribution < 1.29 is 27.8 Å². The Bertz CT molecular complexity index is 1410. The second-order valence-corrected chi connectivity index (χ2v) is 8.13. The number of carbonyl (C=O) groups is 1. The molecule has 1 atom stereocenters. The van der Waals surface area contributed by atoms with Crippen molar-refractivity contribution in [3.63, 3.8) is 0 Å². The number of amides is 1. The van der Waals surface area contributed by atoms with Crippen LogP contribution in [0, 0.1) is 11.6 Å². The number of halogens is 3. The van der Waals surface area contributed by atoms with Gasteiger partial charge in [-0.1, -0.05) is 30.3 Å². The Labute approximate surface area is 197 Å². The summed E-state index contributed by atoms with van der Waals surface area (Å²) in [6.07, 6.45) is 4.47. The molecule has 0 saturated heterocycles. The summed E-state index contributed by atoms with van der Waals surface area (Å²) < 4.78 is 50.3. The maximum atomic E-state index is 15.0. The molecule has 10 heteroatoms. The predicted molar refractivity (Wildman–Crippen MR) is 121 cm³/mol. The minimum atomic E-state index is -1.20. The van der Waals surface area contributed by atoms with Crippen molar-refractivity contribution in [3.05, 3.63) is 105 Å². The Morgan fingerprint density at radius 3 is 2.63 bits per heavy atom. The van der Waals surface area contributed by atoms with E-state index >= 15 is 4.39 Å². The molecule has 0 radical (unpaired) electrons. The van der Waals surface area contributed by atoms with Crippen LogP contribution in [-0.2, 0) is 6.67 Å². The minimum Gasteiger partial charge on any atom is -0.502 e. The number of hydrogen-bond donors (Lipinski definition) is 1. The van der Waals surface area contributed by atoms with E-state index in [9.17, 15) is 23.5 Å². The van der Waals surface area contributed by atoms with Crippen molar-refractivity contribution in [1.29, 1.82) is 0 Å². The smallest absolute Gasteiger partial charge is 0.278 e. The van der Waals surface area contributed by atoms with Crippen molar-refractivity contribution in [3.8, 4) is 11.5 Å². The Kier molecular flexibility index (Phi) is 5.72. The van der Waals surface area contributed by atoms with E-state index in [1.807, 2.05) is 0 Å². The van der Waals surface area contributed by atoms with E-state index in [0.29, 0.717) is 5.56 Å². The Hall–Kier alpha value is -4.21. The average Bonchev–Trinajstić information content (AvgIpc) is 2.89. The van der Waals surface area contributed by atoms with E-state index < -0.39 is 41.4 Å². The van der Waals surface area contributed by atoms with Gasteiger partial charge in [-0.25, -0.2) is 8.78 Å². The van der Waals surface area contributed by atoms with E-state index in [0.717, 1.165) is 12.1 Å². The number of ether oxygens (including phenoxy) is 1. The number of rotatable bonds is 2. The highest BCUT2D eigenvalue weighted by Gasteiger charge is 2.38. The highest BCUT2D eigenvalue weighted by Crippen LogP contribution is 2.40. The lowest BCUT2D eigenvalue weighted by molar-refractivity contribution is 0.0701. The highest BCUT2D eigenvalue weighted by atomic mass is 19.2. The topological polar surface area (TPSA) is 75.0 Å². The van der Waals surface area contributed by atoms with Gasteiger partial charge in [-0.3, -0.25) is 19.3 Å². The number of pyridine rings is 1. The quantitative estimate of drug-likeness (QED) is 0.566. The van der Waals surface area contributed by atoms with Gasteiger partial charge in [0.1, 0.15) is 26.0 Å². The second-order valence-electron chi connectivity index (χ2n) is 8.13. The van der Waals surface area contributed by atoms with Gasteiger partial charge >= 0.3 is 0 Å². The molecule has 0 unspecified atom stereocenters. The van der Waals surface area contributed by atoms with Gasteiger partial charge in [0, 0.05) is 24.4 Å². The lowest BCUT2D eigenvalue weighted by Crippen LogP contribution is -2.55. The number of alkyl halides is 1. The molecule has 3 aromatic rings. The maximum absolute atomic E-state index is 15.0. The van der Waals surface area contributed by atoms with Gasteiger partial charge < -0.3 is 14.7 Å². The summed E-state index contributed by atoms with van der Waals surface area (Å²) in [6, 6.07) is 8.95. The van der Waals surface area contributed by atoms with Crippen LogP contribution in [0.1, 0.15) is 33.2 Å². The van der Waals surface area contributed by atoms with E-state index in [1.54, 1.807) is 41.4 Å². The largest absolute Gasteiger partial charge is 0.502 e. The molecule has 1 amide bonds. The summed E-state index contributed by atoms with van der Waals surface area (Å²) in [5.41, 5.74) is -0.153. The Balaban J connectivity index is 1.86. The number of benzene rings is 2. The third-order valence-electron chi connectivity index (χ3n) is 6.12. The summed E-state index contributed by atoms with van der Waals surface area (Å²) >= 11 is 0. The predicted octanol–water partition coefficient (Wildman–Crippen LogP) is 3.39. The molecule has 2 bridgehead atoms. The number of aromatic hydroxyl groups is 1. The van der Waals surface area contributed by atoms with Crippen LogP contribution in [-0.4, -0.2) is 40.4 Å². The standard InChI is InChI=1S/C25H20F3N3O4/c26-13-15-5-1-2-6-16(15)21-17-7-8-18(27)20(28)24(17)35-12-4-3-10-29-14-31(21)30-11-9-19(32)23(33)22(30)25(29)34/h1-9,11,21,33H,10,12-14H2/b4-3-/t21-/m0/s1. The number of nitrogens with zero attached hydrogens (tertiary/aromatic N) is 3. The molecule has 1 N–H and O–H groups in total. The van der Waals surface area contributed by atoms with E-state index in [2.05, 4.69) is 0 Å². The number of hydrogen-bond acceptors (Lipinski definition) is 5. The molecule has 0 spiro atoms. The molecule has 2 aliphatic heterocycles. The van der Waals surface area contributed by atoms with E-state index in [-0.39, 0.29) is 42.4 Å². The third-order valence-corrected chi connectivity index (χ3v) is 6.12. The molecule has 7 nitrogen and oxygen atoms in total. The molecule has 0 saturated carbocycles. The zero-order valence-corrected chi connectivity index (χ0v) is 18.3. The third kappa shape index (κ3) is 3.71. The summed E-state index contributed by atoms with van der Waals surface area (Å²) in [7, 11) is 0. The monoisotopic (exact) mass is 483 g/mol. The Morgan fingerprint density at radius 1 is 1.03 bits per heavy atom. The zero-order valence-electron chi connectivity index (χ0n) is 18.3. The highest BCUT2D eigenvalue weighted by molar-refractivity contribution is 5.96. The molecule has 3 heterocycles. The first-order valence-electron chi connectivity index (χ1n) is 10.8. The molecule has 2 aromatic carbocycles.